The average Bonchev–Trinajstić information content (AvgIpc) is 2.47. The number of nitrogens with two attached hydrogens (primary N) is 1. The van der Waals surface area contributed by atoms with Gasteiger partial charge in [0.2, 0.25) is 0 Å². The zero-order chi connectivity index (χ0) is 14.3. The summed E-state index contributed by atoms with van der Waals surface area (Å²) in [7, 11) is -2.60. The summed E-state index contributed by atoms with van der Waals surface area (Å²) >= 11 is 1.68. The molecule has 1 aliphatic rings. The van der Waals surface area contributed by atoms with E-state index < -0.39 is 7.14 Å². The molecule has 1 atom stereocenters. The summed E-state index contributed by atoms with van der Waals surface area (Å²) in [6.45, 7) is 4.08. The Morgan fingerprint density at radius 2 is 1.85 bits per heavy atom. The van der Waals surface area contributed by atoms with Crippen molar-refractivity contribution in [2.45, 2.75) is 30.1 Å². The van der Waals surface area contributed by atoms with Gasteiger partial charge in [-0.2, -0.15) is 0 Å². The van der Waals surface area contributed by atoms with Crippen molar-refractivity contribution in [1.82, 2.24) is 0 Å². The zero-order valence-corrected chi connectivity index (χ0v) is 13.4. The lowest BCUT2D eigenvalue weighted by Crippen LogP contribution is -2.27. The van der Waals surface area contributed by atoms with Crippen molar-refractivity contribution in [3.8, 4) is 0 Å². The van der Waals surface area contributed by atoms with Crippen LogP contribution < -0.4 is 16.3 Å². The van der Waals surface area contributed by atoms with Crippen molar-refractivity contribution in [3.05, 3.63) is 42.0 Å². The number of fused-ring (bicyclic) bond motifs is 2. The Morgan fingerprint density at radius 1 is 1.10 bits per heavy atom. The standard InChI is InChI=1S/C16H18NOPS/c1-3-11-9-10-14-16(15(11)17)19(18,4-2)12-7-5-6-8-13(12)20-14/h5-10H,3-4,17H2,1-2H3. The number of hydrogen-bond acceptors (Lipinski definition) is 3. The van der Waals surface area contributed by atoms with E-state index in [2.05, 4.69) is 25.1 Å². The minimum atomic E-state index is -2.60. The van der Waals surface area contributed by atoms with Gasteiger partial charge < -0.3 is 10.3 Å². The lowest BCUT2D eigenvalue weighted by atomic mass is 10.1. The molecule has 2 nitrogen and oxygen atoms in total. The molecule has 1 aliphatic heterocycles. The maximum atomic E-state index is 13.6. The predicted octanol–water partition coefficient (Wildman–Crippen LogP) is 3.63. The minimum absolute atomic E-state index is 0.620. The monoisotopic (exact) mass is 303 g/mol. The summed E-state index contributed by atoms with van der Waals surface area (Å²) < 4.78 is 13.6. The molecule has 0 aromatic heterocycles. The highest BCUT2D eigenvalue weighted by Gasteiger charge is 2.36. The molecule has 104 valence electrons. The molecule has 2 aromatic carbocycles. The zero-order valence-electron chi connectivity index (χ0n) is 11.7. The molecule has 2 aromatic rings. The van der Waals surface area contributed by atoms with Gasteiger partial charge in [-0.05, 0) is 24.1 Å². The van der Waals surface area contributed by atoms with Gasteiger partial charge in [-0.3, -0.25) is 0 Å². The molecule has 1 unspecified atom stereocenters. The van der Waals surface area contributed by atoms with Crippen LogP contribution in [-0.2, 0) is 11.0 Å². The van der Waals surface area contributed by atoms with E-state index in [1.807, 2.05) is 25.1 Å². The van der Waals surface area contributed by atoms with Crippen molar-refractivity contribution < 1.29 is 4.57 Å². The lowest BCUT2D eigenvalue weighted by Gasteiger charge is -2.29. The normalized spacial score (nSPS) is 20.3. The van der Waals surface area contributed by atoms with Crippen LogP contribution in [0.1, 0.15) is 19.4 Å². The Morgan fingerprint density at radius 3 is 2.55 bits per heavy atom. The summed E-state index contributed by atoms with van der Waals surface area (Å²) in [6.07, 6.45) is 1.49. The first kappa shape index (κ1) is 13.8. The maximum Gasteiger partial charge on any atom is 0.147 e. The van der Waals surface area contributed by atoms with Gasteiger partial charge in [-0.15, -0.1) is 0 Å². The van der Waals surface area contributed by atoms with Gasteiger partial charge in [-0.25, -0.2) is 0 Å². The molecular formula is C16H18NOPS. The highest BCUT2D eigenvalue weighted by molar-refractivity contribution is 8.02. The van der Waals surface area contributed by atoms with E-state index in [4.69, 9.17) is 5.73 Å². The molecule has 4 heteroatoms. The van der Waals surface area contributed by atoms with E-state index in [9.17, 15) is 4.57 Å². The Balaban J connectivity index is 2.34. The van der Waals surface area contributed by atoms with E-state index in [-0.39, 0.29) is 0 Å². The van der Waals surface area contributed by atoms with Crippen LogP contribution in [-0.4, -0.2) is 6.16 Å². The SMILES string of the molecule is CCc1ccc2c(c1N)P(=O)(CC)c1ccccc1S2. The van der Waals surface area contributed by atoms with Crippen molar-refractivity contribution in [2.24, 2.45) is 0 Å². The van der Waals surface area contributed by atoms with E-state index in [0.29, 0.717) is 6.16 Å². The fraction of sp³-hybridized carbons (Fsp3) is 0.250. The van der Waals surface area contributed by atoms with Crippen LogP contribution in [0.15, 0.2) is 46.2 Å². The quantitative estimate of drug-likeness (QED) is 0.680. The molecule has 0 saturated carbocycles. The molecule has 1 heterocycles. The Hall–Kier alpha value is -1.18. The van der Waals surface area contributed by atoms with Gasteiger partial charge >= 0.3 is 0 Å². The molecule has 0 saturated heterocycles. The Labute approximate surface area is 124 Å². The minimum Gasteiger partial charge on any atom is -0.398 e. The number of rotatable bonds is 2. The Bertz CT molecular complexity index is 726. The largest absolute Gasteiger partial charge is 0.398 e. The van der Waals surface area contributed by atoms with Crippen LogP contribution in [0.25, 0.3) is 0 Å². The second-order valence-corrected chi connectivity index (χ2v) is 9.09. The summed E-state index contributed by atoms with van der Waals surface area (Å²) in [5, 5.41) is 1.86. The molecule has 20 heavy (non-hydrogen) atoms. The van der Waals surface area contributed by atoms with Crippen LogP contribution in [0.3, 0.4) is 0 Å². The molecule has 0 radical (unpaired) electrons. The van der Waals surface area contributed by atoms with Gasteiger partial charge in [0.05, 0.1) is 5.30 Å². The second-order valence-electron chi connectivity index (χ2n) is 4.96. The fourth-order valence-corrected chi connectivity index (χ4v) is 7.48. The first-order chi connectivity index (χ1) is 9.61. The molecule has 0 amide bonds. The molecule has 0 bridgehead atoms. The van der Waals surface area contributed by atoms with Crippen LogP contribution in [0, 0.1) is 0 Å². The smallest absolute Gasteiger partial charge is 0.147 e. The van der Waals surface area contributed by atoms with E-state index >= 15 is 0 Å². The van der Waals surface area contributed by atoms with Gasteiger partial charge in [0.15, 0.2) is 0 Å². The predicted molar refractivity (Wildman–Crippen MR) is 88.2 cm³/mol. The second kappa shape index (κ2) is 4.98. The van der Waals surface area contributed by atoms with Crippen molar-refractivity contribution >= 4 is 35.2 Å². The lowest BCUT2D eigenvalue weighted by molar-refractivity contribution is 0.587. The van der Waals surface area contributed by atoms with Gasteiger partial charge in [0.1, 0.15) is 7.14 Å². The summed E-state index contributed by atoms with van der Waals surface area (Å²) in [6, 6.07) is 12.2. The maximum absolute atomic E-state index is 13.6. The van der Waals surface area contributed by atoms with Gasteiger partial charge in [-0.1, -0.05) is 49.9 Å². The van der Waals surface area contributed by atoms with Crippen LogP contribution >= 0.6 is 18.9 Å². The molecule has 3 rings (SSSR count). The number of nitrogen functional groups attached to an aromatic ring is 1. The van der Waals surface area contributed by atoms with E-state index in [1.165, 1.54) is 0 Å². The number of hydrogen-bond donors (Lipinski definition) is 1. The highest BCUT2D eigenvalue weighted by atomic mass is 32.2. The third-order valence-electron chi connectivity index (χ3n) is 3.93. The summed E-state index contributed by atoms with van der Waals surface area (Å²) in [4.78, 5) is 2.16. The van der Waals surface area contributed by atoms with Crippen LogP contribution in [0.2, 0.25) is 0 Å². The van der Waals surface area contributed by atoms with Crippen LogP contribution in [0.5, 0.6) is 0 Å². The third-order valence-corrected chi connectivity index (χ3v) is 8.63. The van der Waals surface area contributed by atoms with E-state index in [1.54, 1.807) is 11.8 Å². The fourth-order valence-electron chi connectivity index (χ4n) is 2.80. The summed E-state index contributed by atoms with van der Waals surface area (Å²) in [5.41, 5.74) is 8.17. The topological polar surface area (TPSA) is 43.1 Å². The molecule has 0 spiro atoms. The van der Waals surface area contributed by atoms with Gasteiger partial charge in [0, 0.05) is 26.9 Å². The number of benzene rings is 2. The van der Waals surface area contributed by atoms with Crippen LogP contribution in [0.4, 0.5) is 5.69 Å². The average molecular weight is 303 g/mol. The number of anilines is 1. The first-order valence-corrected chi connectivity index (χ1v) is 9.61. The highest BCUT2D eigenvalue weighted by Crippen LogP contribution is 2.54. The van der Waals surface area contributed by atoms with Crippen molar-refractivity contribution in [2.75, 3.05) is 11.9 Å². The number of aryl methyl sites for hydroxylation is 1. The van der Waals surface area contributed by atoms with Gasteiger partial charge in [0.25, 0.3) is 0 Å². The summed E-state index contributed by atoms with van der Waals surface area (Å²) in [5.74, 6) is 0. The van der Waals surface area contributed by atoms with Crippen molar-refractivity contribution in [1.29, 1.82) is 0 Å². The Kier molecular flexibility index (Phi) is 3.43. The molecular weight excluding hydrogens is 285 g/mol. The molecule has 0 aliphatic carbocycles. The molecule has 2 N–H and O–H groups in total. The molecule has 0 fully saturated rings. The van der Waals surface area contributed by atoms with Crippen molar-refractivity contribution in [3.63, 3.8) is 0 Å². The first-order valence-electron chi connectivity index (χ1n) is 6.90. The van der Waals surface area contributed by atoms with E-state index in [0.717, 1.165) is 38.1 Å². The third kappa shape index (κ3) is 1.84.